The number of nitro groups is 1. The molecule has 2 aromatic rings. The van der Waals surface area contributed by atoms with Crippen LogP contribution in [0.3, 0.4) is 0 Å². The van der Waals surface area contributed by atoms with E-state index in [1.165, 1.54) is 42.3 Å². The molecule has 11 heteroatoms. The molecule has 0 aliphatic heterocycles. The molecule has 0 N–H and O–H groups in total. The molecular weight excluding hydrogens is 414 g/mol. The summed E-state index contributed by atoms with van der Waals surface area (Å²) < 4.78 is 33.4. The van der Waals surface area contributed by atoms with Crippen LogP contribution in [0, 0.1) is 10.1 Å². The molecule has 0 saturated carbocycles. The molecule has 0 aromatic heterocycles. The lowest BCUT2D eigenvalue weighted by Gasteiger charge is -2.17. The third-order valence-electron chi connectivity index (χ3n) is 3.70. The molecule has 0 aliphatic carbocycles. The number of hydrogen-bond donors (Lipinski definition) is 0. The number of nitro benzene ring substituents is 1. The molecule has 0 fully saturated rings. The van der Waals surface area contributed by atoms with E-state index in [1.807, 2.05) is 0 Å². The van der Waals surface area contributed by atoms with E-state index in [9.17, 15) is 28.5 Å². The van der Waals surface area contributed by atoms with Crippen LogP contribution in [0.5, 0.6) is 5.75 Å². The average molecular weight is 429 g/mol. The summed E-state index contributed by atoms with van der Waals surface area (Å²) in [6.45, 7) is -3.45. The smallest absolute Gasteiger partial charge is 0.387 e. The van der Waals surface area contributed by atoms with Gasteiger partial charge in [-0.3, -0.25) is 14.9 Å². The first-order chi connectivity index (χ1) is 13.7. The molecule has 154 valence electrons. The van der Waals surface area contributed by atoms with E-state index in [1.54, 1.807) is 0 Å². The van der Waals surface area contributed by atoms with E-state index in [2.05, 4.69) is 4.74 Å². The highest BCUT2D eigenvalue weighted by molar-refractivity contribution is 6.31. The maximum atomic E-state index is 12.1. The summed E-state index contributed by atoms with van der Waals surface area (Å²) in [6.07, 6.45) is 0. The number of amides is 1. The van der Waals surface area contributed by atoms with Crippen molar-refractivity contribution in [3.63, 3.8) is 0 Å². The molecule has 2 aromatic carbocycles. The number of benzene rings is 2. The van der Waals surface area contributed by atoms with E-state index >= 15 is 0 Å². The van der Waals surface area contributed by atoms with Crippen molar-refractivity contribution in [3.05, 3.63) is 68.7 Å². The second-order valence-electron chi connectivity index (χ2n) is 5.77. The Balaban J connectivity index is 1.93. The molecular formula is C18H15ClF2N2O6. The van der Waals surface area contributed by atoms with E-state index in [0.29, 0.717) is 5.56 Å². The first-order valence-electron chi connectivity index (χ1n) is 8.06. The Morgan fingerprint density at radius 1 is 1.21 bits per heavy atom. The SMILES string of the molecule is CN(Cc1ccc(OC(F)F)cc1)C(=O)COC(=O)c1ccc(Cl)cc1[N+](=O)[O-]. The zero-order valence-corrected chi connectivity index (χ0v) is 15.8. The van der Waals surface area contributed by atoms with Gasteiger partial charge in [-0.15, -0.1) is 0 Å². The van der Waals surface area contributed by atoms with Gasteiger partial charge >= 0.3 is 12.6 Å². The highest BCUT2D eigenvalue weighted by Gasteiger charge is 2.23. The van der Waals surface area contributed by atoms with Gasteiger partial charge in [-0.25, -0.2) is 4.79 Å². The molecule has 0 unspecified atom stereocenters. The molecule has 8 nitrogen and oxygen atoms in total. The molecule has 0 spiro atoms. The predicted molar refractivity (Wildman–Crippen MR) is 97.9 cm³/mol. The highest BCUT2D eigenvalue weighted by Crippen LogP contribution is 2.24. The number of carbonyl (C=O) groups excluding carboxylic acids is 2. The van der Waals surface area contributed by atoms with Crippen molar-refractivity contribution in [2.24, 2.45) is 0 Å². The normalized spacial score (nSPS) is 10.5. The maximum absolute atomic E-state index is 12.1. The lowest BCUT2D eigenvalue weighted by molar-refractivity contribution is -0.385. The van der Waals surface area contributed by atoms with Crippen LogP contribution in [0.2, 0.25) is 5.02 Å². The first-order valence-corrected chi connectivity index (χ1v) is 8.44. The molecule has 0 radical (unpaired) electrons. The van der Waals surface area contributed by atoms with Gasteiger partial charge in [-0.1, -0.05) is 23.7 Å². The lowest BCUT2D eigenvalue weighted by atomic mass is 10.2. The number of carbonyl (C=O) groups is 2. The largest absolute Gasteiger partial charge is 0.452 e. The summed E-state index contributed by atoms with van der Waals surface area (Å²) in [5, 5.41) is 11.1. The van der Waals surface area contributed by atoms with E-state index in [-0.39, 0.29) is 22.9 Å². The molecule has 0 atom stereocenters. The predicted octanol–water partition coefficient (Wildman–Crippen LogP) is 3.67. The number of hydrogen-bond acceptors (Lipinski definition) is 6. The Labute approximate surface area is 168 Å². The molecule has 2 rings (SSSR count). The van der Waals surface area contributed by atoms with Crippen LogP contribution >= 0.6 is 11.6 Å². The van der Waals surface area contributed by atoms with Crippen molar-refractivity contribution in [1.82, 2.24) is 4.90 Å². The number of esters is 1. The van der Waals surface area contributed by atoms with Crippen molar-refractivity contribution in [2.75, 3.05) is 13.7 Å². The fourth-order valence-electron chi connectivity index (χ4n) is 2.28. The number of nitrogens with zero attached hydrogens (tertiary/aromatic N) is 2. The summed E-state index contributed by atoms with van der Waals surface area (Å²) >= 11 is 5.68. The van der Waals surface area contributed by atoms with Crippen LogP contribution in [0.15, 0.2) is 42.5 Å². The number of halogens is 3. The van der Waals surface area contributed by atoms with Crippen molar-refractivity contribution < 1.29 is 32.8 Å². The Morgan fingerprint density at radius 2 is 1.86 bits per heavy atom. The number of ether oxygens (including phenoxy) is 2. The molecule has 0 heterocycles. The Bertz CT molecular complexity index is 908. The third-order valence-corrected chi connectivity index (χ3v) is 3.93. The van der Waals surface area contributed by atoms with Crippen LogP contribution in [0.25, 0.3) is 0 Å². The molecule has 0 aliphatic rings. The van der Waals surface area contributed by atoms with Crippen LogP contribution in [0.4, 0.5) is 14.5 Å². The minimum absolute atomic E-state index is 0.0174. The lowest BCUT2D eigenvalue weighted by Crippen LogP contribution is -2.30. The van der Waals surface area contributed by atoms with Crippen molar-refractivity contribution in [1.29, 1.82) is 0 Å². The van der Waals surface area contributed by atoms with Gasteiger partial charge in [0.15, 0.2) is 6.61 Å². The molecule has 29 heavy (non-hydrogen) atoms. The standard InChI is InChI=1S/C18H15ClF2N2O6/c1-22(9-11-2-5-13(6-3-11)29-18(20)21)16(24)10-28-17(25)14-7-4-12(19)8-15(14)23(26)27/h2-8,18H,9-10H2,1H3. The van der Waals surface area contributed by atoms with Gasteiger partial charge in [0, 0.05) is 24.7 Å². The van der Waals surface area contributed by atoms with Crippen LogP contribution < -0.4 is 4.74 Å². The summed E-state index contributed by atoms with van der Waals surface area (Å²) in [6, 6.07) is 9.11. The molecule has 1 amide bonds. The van der Waals surface area contributed by atoms with Gasteiger partial charge in [-0.05, 0) is 29.8 Å². The molecule has 0 saturated heterocycles. The Hall–Kier alpha value is -3.27. The summed E-state index contributed by atoms with van der Waals surface area (Å²) in [5.74, 6) is -1.62. The van der Waals surface area contributed by atoms with Crippen LogP contribution in [0.1, 0.15) is 15.9 Å². The second-order valence-corrected chi connectivity index (χ2v) is 6.20. The van der Waals surface area contributed by atoms with Crippen LogP contribution in [-0.4, -0.2) is 42.0 Å². The minimum Gasteiger partial charge on any atom is -0.452 e. The Kier molecular flexibility index (Phi) is 7.43. The molecule has 0 bridgehead atoms. The average Bonchev–Trinajstić information content (AvgIpc) is 2.66. The summed E-state index contributed by atoms with van der Waals surface area (Å²) in [4.78, 5) is 35.7. The minimum atomic E-state index is -2.93. The number of rotatable bonds is 8. The van der Waals surface area contributed by atoms with Gasteiger partial charge in [0.1, 0.15) is 11.3 Å². The van der Waals surface area contributed by atoms with Gasteiger partial charge in [0.25, 0.3) is 11.6 Å². The summed E-state index contributed by atoms with van der Waals surface area (Å²) in [5.41, 5.74) is -0.235. The Morgan fingerprint density at radius 3 is 2.45 bits per heavy atom. The zero-order valence-electron chi connectivity index (χ0n) is 15.0. The van der Waals surface area contributed by atoms with Crippen molar-refractivity contribution in [3.8, 4) is 5.75 Å². The van der Waals surface area contributed by atoms with E-state index in [4.69, 9.17) is 16.3 Å². The monoisotopic (exact) mass is 428 g/mol. The third kappa shape index (κ3) is 6.39. The fourth-order valence-corrected chi connectivity index (χ4v) is 2.45. The maximum Gasteiger partial charge on any atom is 0.387 e. The quantitative estimate of drug-likeness (QED) is 0.361. The van der Waals surface area contributed by atoms with Crippen molar-refractivity contribution in [2.45, 2.75) is 13.2 Å². The first kappa shape index (κ1) is 22.0. The van der Waals surface area contributed by atoms with Gasteiger partial charge in [0.2, 0.25) is 0 Å². The van der Waals surface area contributed by atoms with Gasteiger partial charge < -0.3 is 14.4 Å². The highest BCUT2D eigenvalue weighted by atomic mass is 35.5. The van der Waals surface area contributed by atoms with Crippen LogP contribution in [-0.2, 0) is 16.1 Å². The van der Waals surface area contributed by atoms with Crippen molar-refractivity contribution >= 4 is 29.2 Å². The van der Waals surface area contributed by atoms with Gasteiger partial charge in [0.05, 0.1) is 4.92 Å². The van der Waals surface area contributed by atoms with Gasteiger partial charge in [-0.2, -0.15) is 8.78 Å². The zero-order chi connectivity index (χ0) is 21.6. The number of likely N-dealkylation sites (N-methyl/N-ethyl adjacent to an activating group) is 1. The fraction of sp³-hybridized carbons (Fsp3) is 0.222. The second kappa shape index (κ2) is 9.78. The summed E-state index contributed by atoms with van der Waals surface area (Å²) in [7, 11) is 1.45. The van der Waals surface area contributed by atoms with E-state index < -0.39 is 35.7 Å². The number of alkyl halides is 2. The van der Waals surface area contributed by atoms with E-state index in [0.717, 1.165) is 12.1 Å². The topological polar surface area (TPSA) is 99.0 Å².